The van der Waals surface area contributed by atoms with Crippen LogP contribution in [0.4, 0.5) is 5.00 Å². The summed E-state index contributed by atoms with van der Waals surface area (Å²) >= 11 is 2.70. The number of fused-ring (bicyclic) bond motifs is 1. The van der Waals surface area contributed by atoms with Gasteiger partial charge in [0, 0.05) is 16.6 Å². The summed E-state index contributed by atoms with van der Waals surface area (Å²) in [4.78, 5) is 30.7. The molecule has 2 heterocycles. The first-order valence-corrected chi connectivity index (χ1v) is 11.0. The predicted molar refractivity (Wildman–Crippen MR) is 115 cm³/mol. The SMILES string of the molecule is Cc1cc(=O)n(-c2ccccc2)c(SCC(=O)Nc2sc3c(c2C#N)CCC3)n1. The van der Waals surface area contributed by atoms with Crippen LogP contribution in [0.5, 0.6) is 0 Å². The molecular weight excluding hydrogens is 404 g/mol. The minimum Gasteiger partial charge on any atom is -0.316 e. The van der Waals surface area contributed by atoms with Gasteiger partial charge in [-0.05, 0) is 43.9 Å². The maximum absolute atomic E-state index is 12.5. The van der Waals surface area contributed by atoms with Gasteiger partial charge in [0.1, 0.15) is 11.1 Å². The van der Waals surface area contributed by atoms with Crippen LogP contribution in [-0.2, 0) is 17.6 Å². The number of aromatic nitrogens is 2. The minimum absolute atomic E-state index is 0.0934. The highest BCUT2D eigenvalue weighted by molar-refractivity contribution is 7.99. The molecule has 4 rings (SSSR count). The Kier molecular flexibility index (Phi) is 5.51. The van der Waals surface area contributed by atoms with Gasteiger partial charge in [-0.1, -0.05) is 30.0 Å². The molecule has 0 saturated heterocycles. The molecule has 6 nitrogen and oxygen atoms in total. The Labute approximate surface area is 176 Å². The normalized spacial score (nSPS) is 12.4. The molecule has 1 amide bonds. The van der Waals surface area contributed by atoms with E-state index in [4.69, 9.17) is 0 Å². The number of carbonyl (C=O) groups excluding carboxylic acids is 1. The van der Waals surface area contributed by atoms with E-state index in [1.54, 1.807) is 6.92 Å². The Morgan fingerprint density at radius 2 is 2.14 bits per heavy atom. The van der Waals surface area contributed by atoms with E-state index in [0.717, 1.165) is 24.8 Å². The van der Waals surface area contributed by atoms with Gasteiger partial charge in [-0.2, -0.15) is 5.26 Å². The lowest BCUT2D eigenvalue weighted by Gasteiger charge is -2.12. The third-order valence-corrected chi connectivity index (χ3v) is 6.79. The number of nitrogens with one attached hydrogen (secondary N) is 1. The van der Waals surface area contributed by atoms with Crippen molar-refractivity contribution in [2.24, 2.45) is 0 Å². The molecule has 0 spiro atoms. The third kappa shape index (κ3) is 3.97. The summed E-state index contributed by atoms with van der Waals surface area (Å²) < 4.78 is 1.51. The quantitative estimate of drug-likeness (QED) is 0.500. The van der Waals surface area contributed by atoms with Gasteiger partial charge in [-0.25, -0.2) is 4.98 Å². The average molecular weight is 423 g/mol. The van der Waals surface area contributed by atoms with Crippen molar-refractivity contribution in [3.05, 3.63) is 68.4 Å². The Balaban J connectivity index is 1.54. The Morgan fingerprint density at radius 1 is 1.34 bits per heavy atom. The van der Waals surface area contributed by atoms with Gasteiger partial charge in [-0.15, -0.1) is 11.3 Å². The number of hydrogen-bond acceptors (Lipinski definition) is 6. The summed E-state index contributed by atoms with van der Waals surface area (Å²) in [7, 11) is 0. The molecule has 0 fully saturated rings. The maximum Gasteiger partial charge on any atom is 0.258 e. The molecule has 1 aromatic carbocycles. The van der Waals surface area contributed by atoms with Crippen LogP contribution in [-0.4, -0.2) is 21.2 Å². The molecule has 2 aromatic heterocycles. The first-order valence-electron chi connectivity index (χ1n) is 9.20. The van der Waals surface area contributed by atoms with Gasteiger partial charge >= 0.3 is 0 Å². The second-order valence-corrected chi connectivity index (χ2v) is 8.75. The van der Waals surface area contributed by atoms with E-state index in [1.165, 1.54) is 38.6 Å². The number of thioether (sulfide) groups is 1. The number of hydrogen-bond donors (Lipinski definition) is 1. The van der Waals surface area contributed by atoms with E-state index in [0.29, 0.717) is 27.1 Å². The second-order valence-electron chi connectivity index (χ2n) is 6.70. The lowest BCUT2D eigenvalue weighted by atomic mass is 10.1. The van der Waals surface area contributed by atoms with Gasteiger partial charge in [0.05, 0.1) is 17.0 Å². The molecule has 0 saturated carbocycles. The molecule has 146 valence electrons. The molecule has 3 aromatic rings. The van der Waals surface area contributed by atoms with Gasteiger partial charge in [0.15, 0.2) is 5.16 Å². The maximum atomic E-state index is 12.5. The van der Waals surface area contributed by atoms with Crippen LogP contribution in [0.2, 0.25) is 0 Å². The smallest absolute Gasteiger partial charge is 0.258 e. The van der Waals surface area contributed by atoms with Crippen molar-refractivity contribution < 1.29 is 4.79 Å². The number of rotatable bonds is 5. The third-order valence-electron chi connectivity index (χ3n) is 4.65. The van der Waals surface area contributed by atoms with Crippen molar-refractivity contribution in [1.82, 2.24) is 9.55 Å². The van der Waals surface area contributed by atoms with E-state index >= 15 is 0 Å². The molecule has 0 bridgehead atoms. The lowest BCUT2D eigenvalue weighted by Crippen LogP contribution is -2.22. The van der Waals surface area contributed by atoms with Crippen molar-refractivity contribution in [2.45, 2.75) is 31.3 Å². The fourth-order valence-electron chi connectivity index (χ4n) is 3.39. The summed E-state index contributed by atoms with van der Waals surface area (Å²) in [6, 6.07) is 12.9. The number of thiophene rings is 1. The summed E-state index contributed by atoms with van der Waals surface area (Å²) in [5.74, 6) is -0.127. The van der Waals surface area contributed by atoms with E-state index < -0.39 is 0 Å². The van der Waals surface area contributed by atoms with Crippen molar-refractivity contribution in [3.8, 4) is 11.8 Å². The van der Waals surface area contributed by atoms with Gasteiger partial charge in [0.2, 0.25) is 5.91 Å². The van der Waals surface area contributed by atoms with Crippen LogP contribution >= 0.6 is 23.1 Å². The van der Waals surface area contributed by atoms with Gasteiger partial charge < -0.3 is 5.32 Å². The molecule has 1 N–H and O–H groups in total. The highest BCUT2D eigenvalue weighted by Crippen LogP contribution is 2.38. The topological polar surface area (TPSA) is 87.8 Å². The van der Waals surface area contributed by atoms with E-state index in [2.05, 4.69) is 16.4 Å². The highest BCUT2D eigenvalue weighted by atomic mass is 32.2. The number of benzene rings is 1. The second kappa shape index (κ2) is 8.23. The average Bonchev–Trinajstić information content (AvgIpc) is 3.27. The highest BCUT2D eigenvalue weighted by Gasteiger charge is 2.23. The summed E-state index contributed by atoms with van der Waals surface area (Å²) in [5.41, 5.74) is 2.79. The molecule has 1 aliphatic carbocycles. The molecule has 0 atom stereocenters. The molecule has 0 aliphatic heterocycles. The van der Waals surface area contributed by atoms with Crippen molar-refractivity contribution in [3.63, 3.8) is 0 Å². The van der Waals surface area contributed by atoms with Crippen molar-refractivity contribution in [2.75, 3.05) is 11.1 Å². The number of anilines is 1. The lowest BCUT2D eigenvalue weighted by molar-refractivity contribution is -0.113. The van der Waals surface area contributed by atoms with Crippen LogP contribution in [0.1, 0.15) is 28.1 Å². The monoisotopic (exact) mass is 422 g/mol. The first-order chi connectivity index (χ1) is 14.1. The van der Waals surface area contributed by atoms with E-state index in [1.807, 2.05) is 30.3 Å². The molecule has 29 heavy (non-hydrogen) atoms. The van der Waals surface area contributed by atoms with Crippen LogP contribution in [0.3, 0.4) is 0 Å². The Hall–Kier alpha value is -2.89. The van der Waals surface area contributed by atoms with E-state index in [-0.39, 0.29) is 17.2 Å². The Bertz CT molecular complexity index is 1180. The zero-order valence-corrected chi connectivity index (χ0v) is 17.4. The van der Waals surface area contributed by atoms with Crippen molar-refractivity contribution >= 4 is 34.0 Å². The predicted octanol–water partition coefficient (Wildman–Crippen LogP) is 3.69. The molecule has 0 radical (unpaired) electrons. The number of para-hydroxylation sites is 1. The van der Waals surface area contributed by atoms with Crippen LogP contribution in [0.25, 0.3) is 5.69 Å². The van der Waals surface area contributed by atoms with Crippen LogP contribution < -0.4 is 10.9 Å². The molecule has 0 unspecified atom stereocenters. The number of nitrogens with zero attached hydrogens (tertiary/aromatic N) is 3. The fraction of sp³-hybridized carbons (Fsp3) is 0.238. The van der Waals surface area contributed by atoms with E-state index in [9.17, 15) is 14.9 Å². The summed E-state index contributed by atoms with van der Waals surface area (Å²) in [5, 5.41) is 13.4. The summed E-state index contributed by atoms with van der Waals surface area (Å²) in [6.07, 6.45) is 2.93. The number of aryl methyl sites for hydroxylation is 2. The standard InChI is InChI=1S/C21H18N4O2S2/c1-13-10-19(27)25(14-6-3-2-4-7-14)21(23-13)28-12-18(26)24-20-16(11-22)15-8-5-9-17(15)29-20/h2-4,6-7,10H,5,8-9,12H2,1H3,(H,24,26). The number of amides is 1. The zero-order valence-electron chi connectivity index (χ0n) is 15.8. The minimum atomic E-state index is -0.221. The zero-order chi connectivity index (χ0) is 20.4. The Morgan fingerprint density at radius 3 is 2.90 bits per heavy atom. The van der Waals surface area contributed by atoms with Gasteiger partial charge in [-0.3, -0.25) is 14.2 Å². The van der Waals surface area contributed by atoms with Crippen LogP contribution in [0, 0.1) is 18.3 Å². The number of nitriles is 1. The summed E-state index contributed by atoms with van der Waals surface area (Å²) in [6.45, 7) is 1.76. The van der Waals surface area contributed by atoms with Gasteiger partial charge in [0.25, 0.3) is 5.56 Å². The molecule has 8 heteroatoms. The fourth-order valence-corrected chi connectivity index (χ4v) is 5.51. The van der Waals surface area contributed by atoms with Crippen molar-refractivity contribution in [1.29, 1.82) is 5.26 Å². The largest absolute Gasteiger partial charge is 0.316 e. The first kappa shape index (κ1) is 19.4. The number of carbonyl (C=O) groups is 1. The van der Waals surface area contributed by atoms with Crippen LogP contribution in [0.15, 0.2) is 46.3 Å². The molecular formula is C21H18N4O2S2. The molecule has 1 aliphatic rings.